The van der Waals surface area contributed by atoms with Crippen LogP contribution in [0.4, 0.5) is 0 Å². The van der Waals surface area contributed by atoms with Crippen molar-refractivity contribution in [2.45, 2.75) is 6.29 Å². The van der Waals surface area contributed by atoms with Crippen molar-refractivity contribution in [3.63, 3.8) is 0 Å². The molecular formula is C10H18N6O+2. The van der Waals surface area contributed by atoms with Crippen molar-refractivity contribution in [1.29, 1.82) is 0 Å². The highest BCUT2D eigenvalue weighted by molar-refractivity contribution is 5.62. The first-order chi connectivity index (χ1) is 8.02. The smallest absolute Gasteiger partial charge is 0.249 e. The van der Waals surface area contributed by atoms with Gasteiger partial charge in [-0.1, -0.05) is 4.68 Å². The molecule has 2 aromatic heterocycles. The van der Waals surface area contributed by atoms with E-state index in [0.29, 0.717) is 5.65 Å². The van der Waals surface area contributed by atoms with Crippen molar-refractivity contribution in [3.8, 4) is 0 Å². The third-order valence-electron chi connectivity index (χ3n) is 2.63. The minimum Gasteiger partial charge on any atom is -0.249 e. The van der Waals surface area contributed by atoms with Gasteiger partial charge < -0.3 is 0 Å². The summed E-state index contributed by atoms with van der Waals surface area (Å²) in [5, 5.41) is 2.78. The fourth-order valence-electron chi connectivity index (χ4n) is 2.08. The van der Waals surface area contributed by atoms with Gasteiger partial charge in [-0.2, -0.15) is 0 Å². The number of hydrogen-bond donors (Lipinski definition) is 1. The maximum Gasteiger partial charge on any atom is 0.466 e. The molecule has 2 heterocycles. The van der Waals surface area contributed by atoms with Crippen molar-refractivity contribution in [2.24, 2.45) is 0 Å². The second-order valence-corrected chi connectivity index (χ2v) is 4.44. The predicted octanol–water partition coefficient (Wildman–Crippen LogP) is -0.723. The number of nitrogens with zero attached hydrogens (tertiary/aromatic N) is 4. The SMILES string of the molecule is CN(C)C(N(C)C)n1[nH][n+](=O)c2[nH+]cccc21. The molecule has 0 saturated carbocycles. The summed E-state index contributed by atoms with van der Waals surface area (Å²) in [7, 11) is 7.86. The van der Waals surface area contributed by atoms with Crippen molar-refractivity contribution >= 4 is 11.2 Å². The van der Waals surface area contributed by atoms with Gasteiger partial charge in [0.05, 0.1) is 0 Å². The van der Waals surface area contributed by atoms with E-state index in [1.165, 1.54) is 0 Å². The van der Waals surface area contributed by atoms with Crippen LogP contribution in [0.1, 0.15) is 6.29 Å². The molecule has 0 aliphatic rings. The molecule has 2 aromatic rings. The Hall–Kier alpha value is -1.73. The summed E-state index contributed by atoms with van der Waals surface area (Å²) in [6, 6.07) is 3.77. The van der Waals surface area contributed by atoms with E-state index in [1.807, 2.05) is 54.8 Å². The Morgan fingerprint density at radius 1 is 1.35 bits per heavy atom. The Kier molecular flexibility index (Phi) is 2.95. The normalized spacial score (nSPS) is 12.2. The molecule has 2 rings (SSSR count). The molecule has 92 valence electrons. The average molecular weight is 238 g/mol. The summed E-state index contributed by atoms with van der Waals surface area (Å²) in [5.41, 5.74) is 1.34. The summed E-state index contributed by atoms with van der Waals surface area (Å²) in [6.07, 6.45) is 1.68. The minimum absolute atomic E-state index is 0.0523. The molecule has 17 heavy (non-hydrogen) atoms. The van der Waals surface area contributed by atoms with E-state index in [1.54, 1.807) is 6.20 Å². The molecule has 0 aliphatic carbocycles. The molecule has 0 fully saturated rings. The zero-order valence-electron chi connectivity index (χ0n) is 10.5. The number of aromatic nitrogens is 4. The number of nitrogens with one attached hydrogen (secondary N) is 2. The van der Waals surface area contributed by atoms with Gasteiger partial charge in [-0.3, -0.25) is 0 Å². The monoisotopic (exact) mass is 238 g/mol. The molecule has 0 amide bonds. The standard InChI is InChI=1S/C10H17N6O/c1-13(2)10(14(3)4)15-8-6-5-7-11-9(8)16(17)12-15/h5-7,10H,1-4H3,(H,12,17)/q+1/p+1. The first-order valence-corrected chi connectivity index (χ1v) is 5.38. The van der Waals surface area contributed by atoms with Gasteiger partial charge in [-0.15, -0.1) is 0 Å². The number of hydrogen-bond acceptors (Lipinski definition) is 3. The van der Waals surface area contributed by atoms with E-state index in [2.05, 4.69) is 10.2 Å². The summed E-state index contributed by atoms with van der Waals surface area (Å²) >= 11 is 0. The third-order valence-corrected chi connectivity index (χ3v) is 2.63. The Labute approximate surface area is 98.8 Å². The van der Waals surface area contributed by atoms with Gasteiger partial charge in [-0.25, -0.2) is 14.8 Å². The highest BCUT2D eigenvalue weighted by atomic mass is 16.3. The maximum atomic E-state index is 11.7. The fraction of sp³-hybridized carbons (Fsp3) is 0.500. The quantitative estimate of drug-likeness (QED) is 0.567. The first-order valence-electron chi connectivity index (χ1n) is 5.38. The predicted molar refractivity (Wildman–Crippen MR) is 62.6 cm³/mol. The highest BCUT2D eigenvalue weighted by Gasteiger charge is 2.31. The number of pyridine rings is 1. The lowest BCUT2D eigenvalue weighted by Gasteiger charge is -2.24. The number of H-pyrrole nitrogens is 2. The van der Waals surface area contributed by atoms with Crippen LogP contribution < -0.4 is 9.53 Å². The van der Waals surface area contributed by atoms with Crippen LogP contribution in [0.15, 0.2) is 18.3 Å². The molecule has 0 atom stereocenters. The number of aromatic amines is 2. The van der Waals surface area contributed by atoms with Crippen LogP contribution in [0.2, 0.25) is 0 Å². The van der Waals surface area contributed by atoms with Gasteiger partial charge in [0.1, 0.15) is 6.20 Å². The molecule has 0 aromatic carbocycles. The second kappa shape index (κ2) is 4.27. The maximum absolute atomic E-state index is 11.7. The zero-order chi connectivity index (χ0) is 12.6. The van der Waals surface area contributed by atoms with Crippen LogP contribution in [0.25, 0.3) is 11.2 Å². The van der Waals surface area contributed by atoms with E-state index in [-0.39, 0.29) is 6.29 Å². The summed E-state index contributed by atoms with van der Waals surface area (Å²) in [5.74, 6) is 0. The molecule has 7 heteroatoms. The molecular weight excluding hydrogens is 220 g/mol. The van der Waals surface area contributed by atoms with Crippen LogP contribution in [-0.4, -0.2) is 47.9 Å². The van der Waals surface area contributed by atoms with Gasteiger partial charge in [0.2, 0.25) is 0 Å². The van der Waals surface area contributed by atoms with Gasteiger partial charge >= 0.3 is 5.65 Å². The van der Waals surface area contributed by atoms with Crippen molar-refractivity contribution in [2.75, 3.05) is 28.2 Å². The van der Waals surface area contributed by atoms with Crippen LogP contribution in [0.3, 0.4) is 0 Å². The molecule has 7 nitrogen and oxygen atoms in total. The van der Waals surface area contributed by atoms with Gasteiger partial charge in [-0.05, 0) is 39.5 Å². The second-order valence-electron chi connectivity index (χ2n) is 4.44. The van der Waals surface area contributed by atoms with E-state index < -0.39 is 0 Å². The first kappa shape index (κ1) is 11.7. The molecule has 0 bridgehead atoms. The Balaban J connectivity index is 2.66. The molecule has 2 N–H and O–H groups in total. The van der Waals surface area contributed by atoms with Crippen LogP contribution in [0.5, 0.6) is 0 Å². The van der Waals surface area contributed by atoms with E-state index in [9.17, 15) is 4.91 Å². The van der Waals surface area contributed by atoms with E-state index in [0.717, 1.165) is 10.1 Å². The molecule has 0 spiro atoms. The lowest BCUT2D eigenvalue weighted by Crippen LogP contribution is -2.38. The molecule has 0 saturated heterocycles. The average Bonchev–Trinajstić information content (AvgIpc) is 2.56. The zero-order valence-corrected chi connectivity index (χ0v) is 10.5. The summed E-state index contributed by atoms with van der Waals surface area (Å²) in [4.78, 5) is 18.7. The van der Waals surface area contributed by atoms with Gasteiger partial charge in [0.15, 0.2) is 4.54 Å². The number of fused-ring (bicyclic) bond motifs is 1. The lowest BCUT2D eigenvalue weighted by atomic mass is 10.4. The Bertz CT molecular complexity index is 561. The summed E-state index contributed by atoms with van der Waals surface area (Å²) < 4.78 is 2.55. The topological polar surface area (TPSA) is 64.3 Å². The molecule has 0 unspecified atom stereocenters. The van der Waals surface area contributed by atoms with E-state index >= 15 is 0 Å². The van der Waals surface area contributed by atoms with Gasteiger partial charge in [0, 0.05) is 11.0 Å². The molecule has 0 aliphatic heterocycles. The van der Waals surface area contributed by atoms with Crippen molar-refractivity contribution in [1.82, 2.24) is 19.7 Å². The summed E-state index contributed by atoms with van der Waals surface area (Å²) in [6.45, 7) is 0. The van der Waals surface area contributed by atoms with Gasteiger partial charge in [0.25, 0.3) is 11.8 Å². The van der Waals surface area contributed by atoms with Crippen LogP contribution in [-0.2, 0) is 0 Å². The van der Waals surface area contributed by atoms with Crippen LogP contribution >= 0.6 is 0 Å². The minimum atomic E-state index is -0.0523. The largest absolute Gasteiger partial charge is 0.466 e. The van der Waals surface area contributed by atoms with Crippen LogP contribution in [0, 0.1) is 4.91 Å². The van der Waals surface area contributed by atoms with Crippen molar-refractivity contribution < 1.29 is 9.53 Å². The molecule has 0 radical (unpaired) electrons. The van der Waals surface area contributed by atoms with Crippen molar-refractivity contribution in [3.05, 3.63) is 23.2 Å². The lowest BCUT2D eigenvalue weighted by molar-refractivity contribution is -0.594. The Morgan fingerprint density at radius 3 is 2.59 bits per heavy atom. The highest BCUT2D eigenvalue weighted by Crippen LogP contribution is 2.14. The fourth-order valence-corrected chi connectivity index (χ4v) is 2.08. The Morgan fingerprint density at radius 2 is 2.00 bits per heavy atom. The van der Waals surface area contributed by atoms with E-state index in [4.69, 9.17) is 0 Å². The number of rotatable bonds is 3. The third kappa shape index (κ3) is 1.94.